The molecule has 1 aromatic carbocycles. The average Bonchev–Trinajstić information content (AvgIpc) is 2.78. The SMILES string of the molecule is CCOc1ccc2c(ccn2CC(CC)CC)c1. The van der Waals surface area contributed by atoms with Gasteiger partial charge in [0.1, 0.15) is 5.75 Å². The van der Waals surface area contributed by atoms with Gasteiger partial charge >= 0.3 is 0 Å². The Labute approximate surface area is 110 Å². The number of nitrogens with zero attached hydrogens (tertiary/aromatic N) is 1. The van der Waals surface area contributed by atoms with Gasteiger partial charge in [0.15, 0.2) is 0 Å². The minimum Gasteiger partial charge on any atom is -0.494 e. The van der Waals surface area contributed by atoms with Crippen LogP contribution < -0.4 is 4.74 Å². The van der Waals surface area contributed by atoms with Gasteiger partial charge in [-0.3, -0.25) is 0 Å². The second-order valence-corrected chi connectivity index (χ2v) is 4.80. The third-order valence-electron chi connectivity index (χ3n) is 3.66. The Morgan fingerprint density at radius 2 is 1.89 bits per heavy atom. The number of hydrogen-bond donors (Lipinski definition) is 0. The van der Waals surface area contributed by atoms with E-state index < -0.39 is 0 Å². The van der Waals surface area contributed by atoms with E-state index in [-0.39, 0.29) is 0 Å². The molecule has 2 heteroatoms. The lowest BCUT2D eigenvalue weighted by atomic mass is 10.0. The molecule has 0 bridgehead atoms. The van der Waals surface area contributed by atoms with Crippen molar-refractivity contribution in [1.29, 1.82) is 0 Å². The maximum Gasteiger partial charge on any atom is 0.120 e. The summed E-state index contributed by atoms with van der Waals surface area (Å²) in [5, 5.41) is 1.27. The molecule has 0 spiro atoms. The molecule has 1 heterocycles. The maximum absolute atomic E-state index is 5.54. The number of benzene rings is 1. The second kappa shape index (κ2) is 5.94. The van der Waals surface area contributed by atoms with Crippen LogP contribution in [-0.4, -0.2) is 11.2 Å². The molecule has 98 valence electrons. The van der Waals surface area contributed by atoms with Crippen LogP contribution in [0.2, 0.25) is 0 Å². The van der Waals surface area contributed by atoms with Crippen molar-refractivity contribution in [2.45, 2.75) is 40.2 Å². The van der Waals surface area contributed by atoms with E-state index >= 15 is 0 Å². The van der Waals surface area contributed by atoms with Crippen LogP contribution in [-0.2, 0) is 6.54 Å². The lowest BCUT2D eigenvalue weighted by molar-refractivity contribution is 0.340. The zero-order valence-corrected chi connectivity index (χ0v) is 11.6. The van der Waals surface area contributed by atoms with Crippen molar-refractivity contribution in [1.82, 2.24) is 4.57 Å². The van der Waals surface area contributed by atoms with Crippen LogP contribution in [0.25, 0.3) is 10.9 Å². The number of aromatic nitrogens is 1. The molecule has 18 heavy (non-hydrogen) atoms. The van der Waals surface area contributed by atoms with Crippen molar-refractivity contribution in [2.75, 3.05) is 6.61 Å². The Hall–Kier alpha value is -1.44. The molecule has 0 N–H and O–H groups in total. The van der Waals surface area contributed by atoms with Gasteiger partial charge in [0, 0.05) is 23.6 Å². The quantitative estimate of drug-likeness (QED) is 0.732. The first kappa shape index (κ1) is 13.0. The van der Waals surface area contributed by atoms with E-state index in [1.807, 2.05) is 6.92 Å². The highest BCUT2D eigenvalue weighted by Gasteiger charge is 2.07. The molecule has 0 fully saturated rings. The molecule has 0 aliphatic carbocycles. The molecule has 0 amide bonds. The zero-order valence-electron chi connectivity index (χ0n) is 11.6. The molecule has 2 rings (SSSR count). The van der Waals surface area contributed by atoms with E-state index in [4.69, 9.17) is 4.74 Å². The van der Waals surface area contributed by atoms with Gasteiger partial charge in [-0.1, -0.05) is 26.7 Å². The van der Waals surface area contributed by atoms with Crippen molar-refractivity contribution in [3.8, 4) is 5.75 Å². The summed E-state index contributed by atoms with van der Waals surface area (Å²) in [7, 11) is 0. The predicted molar refractivity (Wildman–Crippen MR) is 77.2 cm³/mol. The Bertz CT molecular complexity index is 497. The van der Waals surface area contributed by atoms with E-state index in [0.717, 1.165) is 24.8 Å². The standard InChI is InChI=1S/C16H23NO/c1-4-13(5-2)12-17-10-9-14-11-15(18-6-3)7-8-16(14)17/h7-11,13H,4-6,12H2,1-3H3. The largest absolute Gasteiger partial charge is 0.494 e. The fourth-order valence-electron chi connectivity index (χ4n) is 2.42. The van der Waals surface area contributed by atoms with Crippen molar-refractivity contribution in [2.24, 2.45) is 5.92 Å². The predicted octanol–water partition coefficient (Wildman–Crippen LogP) is 4.48. The highest BCUT2D eigenvalue weighted by Crippen LogP contribution is 2.23. The van der Waals surface area contributed by atoms with E-state index in [1.54, 1.807) is 0 Å². The van der Waals surface area contributed by atoms with Crippen molar-refractivity contribution < 1.29 is 4.74 Å². The normalized spacial score (nSPS) is 11.3. The minimum atomic E-state index is 0.722. The first-order chi connectivity index (χ1) is 8.78. The monoisotopic (exact) mass is 245 g/mol. The molecule has 0 aliphatic heterocycles. The van der Waals surface area contributed by atoms with Gasteiger partial charge in [0.05, 0.1) is 6.61 Å². The van der Waals surface area contributed by atoms with Crippen LogP contribution >= 0.6 is 0 Å². The van der Waals surface area contributed by atoms with Crippen LogP contribution in [0.5, 0.6) is 5.75 Å². The van der Waals surface area contributed by atoms with Gasteiger partial charge in [0.25, 0.3) is 0 Å². The first-order valence-corrected chi connectivity index (χ1v) is 7.00. The number of rotatable bonds is 6. The summed E-state index contributed by atoms with van der Waals surface area (Å²) >= 11 is 0. The second-order valence-electron chi connectivity index (χ2n) is 4.80. The summed E-state index contributed by atoms with van der Waals surface area (Å²) < 4.78 is 7.90. The lowest BCUT2D eigenvalue weighted by Crippen LogP contribution is -2.07. The molecule has 0 saturated carbocycles. The fourth-order valence-corrected chi connectivity index (χ4v) is 2.42. The topological polar surface area (TPSA) is 14.2 Å². The Kier molecular flexibility index (Phi) is 4.29. The van der Waals surface area contributed by atoms with Gasteiger partial charge in [-0.05, 0) is 37.1 Å². The highest BCUT2D eigenvalue weighted by atomic mass is 16.5. The van der Waals surface area contributed by atoms with Gasteiger partial charge in [0.2, 0.25) is 0 Å². The smallest absolute Gasteiger partial charge is 0.120 e. The first-order valence-electron chi connectivity index (χ1n) is 7.00. The maximum atomic E-state index is 5.54. The van der Waals surface area contributed by atoms with Crippen LogP contribution in [0.1, 0.15) is 33.6 Å². The van der Waals surface area contributed by atoms with Crippen molar-refractivity contribution >= 4 is 10.9 Å². The van der Waals surface area contributed by atoms with Gasteiger partial charge in [-0.2, -0.15) is 0 Å². The minimum absolute atomic E-state index is 0.722. The van der Waals surface area contributed by atoms with Gasteiger partial charge < -0.3 is 9.30 Å². The lowest BCUT2D eigenvalue weighted by Gasteiger charge is -2.14. The van der Waals surface area contributed by atoms with Crippen LogP contribution in [0.15, 0.2) is 30.5 Å². The summed E-state index contributed by atoms with van der Waals surface area (Å²) in [6.07, 6.45) is 4.68. The summed E-state index contributed by atoms with van der Waals surface area (Å²) in [4.78, 5) is 0. The van der Waals surface area contributed by atoms with Crippen molar-refractivity contribution in [3.05, 3.63) is 30.5 Å². The third-order valence-corrected chi connectivity index (χ3v) is 3.66. The van der Waals surface area contributed by atoms with Crippen LogP contribution in [0.3, 0.4) is 0 Å². The zero-order chi connectivity index (χ0) is 13.0. The molecule has 0 aliphatic rings. The number of hydrogen-bond acceptors (Lipinski definition) is 1. The summed E-state index contributed by atoms with van der Waals surface area (Å²) in [6.45, 7) is 8.40. The third kappa shape index (κ3) is 2.69. The molecule has 0 saturated heterocycles. The molecule has 0 atom stereocenters. The average molecular weight is 245 g/mol. The Morgan fingerprint density at radius 3 is 2.56 bits per heavy atom. The van der Waals surface area contributed by atoms with E-state index in [0.29, 0.717) is 0 Å². The Balaban J connectivity index is 2.25. The van der Waals surface area contributed by atoms with Crippen molar-refractivity contribution in [3.63, 3.8) is 0 Å². The van der Waals surface area contributed by atoms with E-state index in [9.17, 15) is 0 Å². The number of fused-ring (bicyclic) bond motifs is 1. The van der Waals surface area contributed by atoms with E-state index in [2.05, 4.69) is 48.9 Å². The fraction of sp³-hybridized carbons (Fsp3) is 0.500. The Morgan fingerprint density at radius 1 is 1.11 bits per heavy atom. The number of ether oxygens (including phenoxy) is 1. The molecule has 2 aromatic rings. The molecule has 1 aromatic heterocycles. The summed E-state index contributed by atoms with van der Waals surface area (Å²) in [5.41, 5.74) is 1.31. The molecule has 0 unspecified atom stereocenters. The van der Waals surface area contributed by atoms with Crippen LogP contribution in [0.4, 0.5) is 0 Å². The van der Waals surface area contributed by atoms with E-state index in [1.165, 1.54) is 23.7 Å². The molecule has 2 nitrogen and oxygen atoms in total. The van der Waals surface area contributed by atoms with Crippen LogP contribution in [0, 0.1) is 5.92 Å². The molecular weight excluding hydrogens is 222 g/mol. The van der Waals surface area contributed by atoms with Gasteiger partial charge in [-0.25, -0.2) is 0 Å². The molecular formula is C16H23NO. The summed E-state index contributed by atoms with van der Waals surface area (Å²) in [6, 6.07) is 8.54. The van der Waals surface area contributed by atoms with Gasteiger partial charge in [-0.15, -0.1) is 0 Å². The highest BCUT2D eigenvalue weighted by molar-refractivity contribution is 5.81. The molecule has 0 radical (unpaired) electrons. The summed E-state index contributed by atoms with van der Waals surface area (Å²) in [5.74, 6) is 1.73.